The van der Waals surface area contributed by atoms with Crippen LogP contribution in [0.4, 0.5) is 0 Å². The van der Waals surface area contributed by atoms with Gasteiger partial charge in [0.05, 0.1) is 18.7 Å². The number of nitrogens with zero attached hydrogens (tertiary/aromatic N) is 3. The summed E-state index contributed by atoms with van der Waals surface area (Å²) in [6, 6.07) is 11.0. The van der Waals surface area contributed by atoms with E-state index in [1.807, 2.05) is 39.3 Å². The number of pyridine rings is 1. The highest BCUT2D eigenvalue weighted by Crippen LogP contribution is 2.20. The number of carbonyl (C=O) groups is 1. The Morgan fingerprint density at radius 2 is 1.82 bits per heavy atom. The fourth-order valence-corrected chi connectivity index (χ4v) is 3.77. The van der Waals surface area contributed by atoms with E-state index in [4.69, 9.17) is 0 Å². The Morgan fingerprint density at radius 1 is 1.12 bits per heavy atom. The van der Waals surface area contributed by atoms with Crippen molar-refractivity contribution in [2.24, 2.45) is 0 Å². The Balaban J connectivity index is 1.91. The number of β-amino-alcohol motifs (C(OH)–C–C–N with tert-alkyl or cyclic N) is 1. The second kappa shape index (κ2) is 12.8. The smallest absolute Gasteiger partial charge is 0.226 e. The molecule has 1 atom stereocenters. The van der Waals surface area contributed by atoms with Crippen molar-refractivity contribution in [3.8, 4) is 5.75 Å². The van der Waals surface area contributed by atoms with Crippen LogP contribution < -0.4 is 5.32 Å². The van der Waals surface area contributed by atoms with Crippen LogP contribution in [0.1, 0.15) is 48.9 Å². The second-order valence-electron chi connectivity index (χ2n) is 9.79. The van der Waals surface area contributed by atoms with Crippen LogP contribution >= 0.6 is 0 Å². The lowest BCUT2D eigenvalue weighted by Crippen LogP contribution is -2.43. The van der Waals surface area contributed by atoms with E-state index in [1.165, 1.54) is 6.07 Å². The fraction of sp³-hybridized carbons (Fsp3) is 0.538. The average Bonchev–Trinajstić information content (AvgIpc) is 2.77. The van der Waals surface area contributed by atoms with Crippen LogP contribution in [0.5, 0.6) is 5.75 Å². The summed E-state index contributed by atoms with van der Waals surface area (Å²) in [7, 11) is 5.91. The van der Waals surface area contributed by atoms with Crippen LogP contribution in [0, 0.1) is 0 Å². The van der Waals surface area contributed by atoms with Crippen molar-refractivity contribution in [3.63, 3.8) is 0 Å². The largest absolute Gasteiger partial charge is 0.506 e. The molecule has 0 fully saturated rings. The van der Waals surface area contributed by atoms with Crippen LogP contribution in [0.2, 0.25) is 0 Å². The molecular weight excluding hydrogens is 432 g/mol. The van der Waals surface area contributed by atoms with E-state index in [1.54, 1.807) is 11.0 Å². The Kier molecular flexibility index (Phi) is 10.4. The highest BCUT2D eigenvalue weighted by molar-refractivity contribution is 5.78. The molecule has 1 amide bonds. The Hall–Kier alpha value is -2.52. The summed E-state index contributed by atoms with van der Waals surface area (Å²) in [5.41, 5.74) is 2.31. The van der Waals surface area contributed by atoms with Crippen molar-refractivity contribution in [3.05, 3.63) is 58.9 Å². The fourth-order valence-electron chi connectivity index (χ4n) is 3.77. The molecular formula is C26H40N4O4. The van der Waals surface area contributed by atoms with Gasteiger partial charge in [0.2, 0.25) is 5.91 Å². The Morgan fingerprint density at radius 3 is 2.50 bits per heavy atom. The quantitative estimate of drug-likeness (QED) is 0.352. The first-order valence-electron chi connectivity index (χ1n) is 11.7. The number of rotatable bonds is 13. The zero-order valence-corrected chi connectivity index (χ0v) is 21.1. The van der Waals surface area contributed by atoms with Crippen LogP contribution in [0.3, 0.4) is 0 Å². The molecule has 8 nitrogen and oxygen atoms in total. The molecule has 0 spiro atoms. The van der Waals surface area contributed by atoms with E-state index in [9.17, 15) is 20.1 Å². The third-order valence-corrected chi connectivity index (χ3v) is 5.75. The number of likely N-dealkylation sites (N-methyl/N-ethyl adjacent to an activating group) is 1. The molecule has 1 heterocycles. The number of hydrogen-bond donors (Lipinski definition) is 4. The molecule has 0 bridgehead atoms. The lowest BCUT2D eigenvalue weighted by Gasteiger charge is -2.28. The number of amides is 1. The first-order valence-corrected chi connectivity index (χ1v) is 11.7. The van der Waals surface area contributed by atoms with Crippen molar-refractivity contribution in [1.29, 1.82) is 0 Å². The van der Waals surface area contributed by atoms with Crippen molar-refractivity contribution < 1.29 is 20.1 Å². The molecule has 0 aliphatic carbocycles. The standard InChI is InChI=1S/C26H40N4O4/c1-26(2,27-17-24(33)21-10-11-23(32)22(18-31)28-21)16-20-9-6-8-19(14-20)15-25(34)30(5)13-7-12-29(3)4/h6,8-11,14,24,27,31-33H,7,12-13,15-18H2,1-5H3. The van der Waals surface area contributed by atoms with E-state index in [0.29, 0.717) is 18.5 Å². The van der Waals surface area contributed by atoms with Gasteiger partial charge in [-0.25, -0.2) is 4.98 Å². The van der Waals surface area contributed by atoms with Gasteiger partial charge in [-0.2, -0.15) is 0 Å². The van der Waals surface area contributed by atoms with E-state index in [0.717, 1.165) is 30.6 Å². The third-order valence-electron chi connectivity index (χ3n) is 5.75. The van der Waals surface area contributed by atoms with Gasteiger partial charge in [-0.1, -0.05) is 24.3 Å². The molecule has 0 radical (unpaired) electrons. The SMILES string of the molecule is CN(C)CCCN(C)C(=O)Cc1cccc(CC(C)(C)NCC(O)c2ccc(O)c(CO)n2)c1. The number of nitrogens with one attached hydrogen (secondary N) is 1. The topological polar surface area (TPSA) is 109 Å². The summed E-state index contributed by atoms with van der Waals surface area (Å²) in [6.07, 6.45) is 1.16. The average molecular weight is 473 g/mol. The summed E-state index contributed by atoms with van der Waals surface area (Å²) in [5, 5.41) is 32.8. The minimum atomic E-state index is -0.878. The maximum Gasteiger partial charge on any atom is 0.226 e. The Labute approximate surface area is 203 Å². The molecule has 1 aromatic heterocycles. The predicted molar refractivity (Wildman–Crippen MR) is 134 cm³/mol. The van der Waals surface area contributed by atoms with Gasteiger partial charge < -0.3 is 30.4 Å². The highest BCUT2D eigenvalue weighted by Gasteiger charge is 2.21. The number of aliphatic hydroxyl groups is 2. The maximum atomic E-state index is 12.6. The zero-order chi connectivity index (χ0) is 25.3. The number of hydrogen-bond acceptors (Lipinski definition) is 7. The maximum absolute atomic E-state index is 12.6. The Bertz CT molecular complexity index is 933. The second-order valence-corrected chi connectivity index (χ2v) is 9.79. The number of benzene rings is 1. The molecule has 4 N–H and O–H groups in total. The summed E-state index contributed by atoms with van der Waals surface area (Å²) in [5.74, 6) is 0.0184. The van der Waals surface area contributed by atoms with Crippen molar-refractivity contribution >= 4 is 5.91 Å². The van der Waals surface area contributed by atoms with Gasteiger partial charge in [-0.05, 0) is 70.6 Å². The monoisotopic (exact) mass is 472 g/mol. The molecule has 8 heteroatoms. The van der Waals surface area contributed by atoms with Crippen molar-refractivity contribution in [2.45, 2.75) is 51.4 Å². The van der Waals surface area contributed by atoms with Crippen LogP contribution in [-0.4, -0.2) is 82.3 Å². The molecule has 2 aromatic rings. The molecule has 2 rings (SSSR count). The molecule has 0 saturated heterocycles. The summed E-state index contributed by atoms with van der Waals surface area (Å²) in [6.45, 7) is 5.68. The lowest BCUT2D eigenvalue weighted by molar-refractivity contribution is -0.129. The number of aromatic nitrogens is 1. The van der Waals surface area contributed by atoms with Gasteiger partial charge in [0.15, 0.2) is 0 Å². The molecule has 34 heavy (non-hydrogen) atoms. The summed E-state index contributed by atoms with van der Waals surface area (Å²) < 4.78 is 0. The van der Waals surface area contributed by atoms with Crippen LogP contribution in [0.25, 0.3) is 0 Å². The first kappa shape index (κ1) is 27.7. The number of carbonyl (C=O) groups excluding carboxylic acids is 1. The number of aliphatic hydroxyl groups excluding tert-OH is 2. The molecule has 0 saturated carbocycles. The van der Waals surface area contributed by atoms with Crippen molar-refractivity contribution in [1.82, 2.24) is 20.1 Å². The van der Waals surface area contributed by atoms with E-state index >= 15 is 0 Å². The van der Waals surface area contributed by atoms with Crippen LogP contribution in [0.15, 0.2) is 36.4 Å². The van der Waals surface area contributed by atoms with Gasteiger partial charge in [0, 0.05) is 25.7 Å². The lowest BCUT2D eigenvalue weighted by atomic mass is 9.93. The number of aromatic hydroxyl groups is 1. The van der Waals surface area contributed by atoms with Gasteiger partial charge >= 0.3 is 0 Å². The first-order chi connectivity index (χ1) is 16.0. The molecule has 0 aliphatic rings. The summed E-state index contributed by atoms with van der Waals surface area (Å²) in [4.78, 5) is 20.6. The van der Waals surface area contributed by atoms with Gasteiger partial charge in [-0.3, -0.25) is 4.79 Å². The van der Waals surface area contributed by atoms with E-state index < -0.39 is 12.7 Å². The molecule has 1 unspecified atom stereocenters. The van der Waals surface area contributed by atoms with Crippen LogP contribution in [-0.2, 0) is 24.2 Å². The summed E-state index contributed by atoms with van der Waals surface area (Å²) >= 11 is 0. The van der Waals surface area contributed by atoms with Gasteiger partial charge in [-0.15, -0.1) is 0 Å². The zero-order valence-electron chi connectivity index (χ0n) is 21.1. The van der Waals surface area contributed by atoms with Gasteiger partial charge in [0.25, 0.3) is 0 Å². The highest BCUT2D eigenvalue weighted by atomic mass is 16.3. The molecule has 0 aliphatic heterocycles. The minimum Gasteiger partial charge on any atom is -0.506 e. The molecule has 1 aromatic carbocycles. The normalized spacial score (nSPS) is 12.7. The van der Waals surface area contributed by atoms with E-state index in [2.05, 4.69) is 35.1 Å². The van der Waals surface area contributed by atoms with Crippen molar-refractivity contribution in [2.75, 3.05) is 40.8 Å². The third kappa shape index (κ3) is 9.02. The predicted octanol–water partition coefficient (Wildman–Crippen LogP) is 1.88. The molecule has 188 valence electrons. The van der Waals surface area contributed by atoms with E-state index in [-0.39, 0.29) is 29.4 Å². The van der Waals surface area contributed by atoms with Gasteiger partial charge in [0.1, 0.15) is 17.5 Å². The minimum absolute atomic E-state index is 0.0927.